The summed E-state index contributed by atoms with van der Waals surface area (Å²) in [5.74, 6) is 0.435. The highest BCUT2D eigenvalue weighted by Gasteiger charge is 2.46. The van der Waals surface area contributed by atoms with E-state index in [0.29, 0.717) is 17.9 Å². The largest absolute Gasteiger partial charge is 0.494 e. The number of nitrogens with one attached hydrogen (secondary N) is 2. The Morgan fingerprint density at radius 2 is 2.19 bits per heavy atom. The van der Waals surface area contributed by atoms with Crippen molar-refractivity contribution in [3.63, 3.8) is 0 Å². The van der Waals surface area contributed by atoms with E-state index in [0.717, 1.165) is 43.5 Å². The molecule has 0 bridgehead atoms. The Morgan fingerprint density at radius 3 is 3.00 bits per heavy atom. The van der Waals surface area contributed by atoms with Crippen molar-refractivity contribution in [3.8, 4) is 16.9 Å². The summed E-state index contributed by atoms with van der Waals surface area (Å²) < 4.78 is 19.9. The van der Waals surface area contributed by atoms with Crippen molar-refractivity contribution < 1.29 is 13.9 Å². The second-order valence-electron chi connectivity index (χ2n) is 7.22. The van der Waals surface area contributed by atoms with E-state index in [1.807, 2.05) is 13.0 Å². The fourth-order valence-corrected chi connectivity index (χ4v) is 4.13. The lowest BCUT2D eigenvalue weighted by Crippen LogP contribution is -2.57. The summed E-state index contributed by atoms with van der Waals surface area (Å²) in [4.78, 5) is 16.9. The average Bonchev–Trinajstić information content (AvgIpc) is 3.11. The predicted octanol–water partition coefficient (Wildman–Crippen LogP) is 3.36. The molecule has 0 aliphatic carbocycles. The lowest BCUT2D eigenvalue weighted by Gasteiger charge is -2.33. The topological polar surface area (TPSA) is 63.2 Å². The first-order chi connectivity index (χ1) is 13.1. The van der Waals surface area contributed by atoms with Crippen molar-refractivity contribution in [2.75, 3.05) is 13.2 Å². The van der Waals surface area contributed by atoms with E-state index >= 15 is 0 Å². The number of amides is 1. The van der Waals surface area contributed by atoms with Gasteiger partial charge in [-0.25, -0.2) is 4.39 Å². The molecule has 1 aromatic carbocycles. The van der Waals surface area contributed by atoms with Gasteiger partial charge in [0.1, 0.15) is 11.6 Å². The normalized spacial score (nSPS) is 24.8. The number of carbonyl (C=O) groups excluding carboxylic acids is 1. The molecule has 6 heteroatoms. The fourth-order valence-electron chi connectivity index (χ4n) is 4.13. The van der Waals surface area contributed by atoms with Crippen LogP contribution in [-0.2, 0) is 4.79 Å². The molecule has 0 saturated carbocycles. The monoisotopic (exact) mass is 369 g/mol. The number of pyridine rings is 1. The summed E-state index contributed by atoms with van der Waals surface area (Å²) in [6.07, 6.45) is 5.16. The highest BCUT2D eigenvalue weighted by molar-refractivity contribution is 5.87. The quantitative estimate of drug-likeness (QED) is 0.868. The summed E-state index contributed by atoms with van der Waals surface area (Å²) in [5, 5.41) is 6.47. The Morgan fingerprint density at radius 1 is 1.30 bits per heavy atom. The molecule has 2 fully saturated rings. The summed E-state index contributed by atoms with van der Waals surface area (Å²) in [6.45, 7) is 3.18. The van der Waals surface area contributed by atoms with Gasteiger partial charge >= 0.3 is 0 Å². The molecule has 0 radical (unpaired) electrons. The molecule has 4 rings (SSSR count). The number of carbonyl (C=O) groups is 1. The van der Waals surface area contributed by atoms with Crippen molar-refractivity contribution in [3.05, 3.63) is 48.0 Å². The van der Waals surface area contributed by atoms with Crippen LogP contribution < -0.4 is 15.4 Å². The maximum Gasteiger partial charge on any atom is 0.240 e. The maximum atomic E-state index is 14.4. The number of hydrogen-bond acceptors (Lipinski definition) is 4. The number of benzene rings is 1. The maximum absolute atomic E-state index is 14.4. The van der Waals surface area contributed by atoms with Crippen LogP contribution in [0.1, 0.15) is 44.3 Å². The molecule has 142 valence electrons. The van der Waals surface area contributed by atoms with Crippen LogP contribution in [0.15, 0.2) is 36.5 Å². The predicted molar refractivity (Wildman–Crippen MR) is 101 cm³/mol. The molecule has 27 heavy (non-hydrogen) atoms. The van der Waals surface area contributed by atoms with E-state index in [-0.39, 0.29) is 17.8 Å². The molecule has 3 heterocycles. The summed E-state index contributed by atoms with van der Waals surface area (Å²) in [6, 6.07) is 8.48. The second kappa shape index (κ2) is 7.27. The minimum absolute atomic E-state index is 0.00747. The highest BCUT2D eigenvalue weighted by Crippen LogP contribution is 2.37. The van der Waals surface area contributed by atoms with E-state index in [4.69, 9.17) is 4.74 Å². The van der Waals surface area contributed by atoms with Gasteiger partial charge in [-0.05, 0) is 68.5 Å². The van der Waals surface area contributed by atoms with E-state index in [1.165, 1.54) is 6.07 Å². The van der Waals surface area contributed by atoms with Crippen LogP contribution in [0.4, 0.5) is 4.39 Å². The number of hydrogen-bond donors (Lipinski definition) is 2. The smallest absolute Gasteiger partial charge is 0.240 e. The molecule has 2 saturated heterocycles. The third-order valence-electron chi connectivity index (χ3n) is 5.51. The second-order valence-corrected chi connectivity index (χ2v) is 7.22. The zero-order valence-corrected chi connectivity index (χ0v) is 15.4. The van der Waals surface area contributed by atoms with Crippen molar-refractivity contribution >= 4 is 5.91 Å². The zero-order chi connectivity index (χ0) is 18.9. The van der Waals surface area contributed by atoms with Gasteiger partial charge in [0, 0.05) is 18.3 Å². The molecule has 2 aliphatic heterocycles. The summed E-state index contributed by atoms with van der Waals surface area (Å²) in [5.41, 5.74) is 1.60. The number of rotatable bonds is 4. The number of piperidine rings is 1. The Labute approximate surface area is 158 Å². The van der Waals surface area contributed by atoms with Gasteiger partial charge in [0.2, 0.25) is 5.91 Å². The van der Waals surface area contributed by atoms with E-state index < -0.39 is 5.54 Å². The number of ether oxygens (including phenoxy) is 1. The van der Waals surface area contributed by atoms with Crippen LogP contribution in [0.25, 0.3) is 11.1 Å². The first kappa shape index (κ1) is 17.9. The van der Waals surface area contributed by atoms with Gasteiger partial charge in [0.15, 0.2) is 0 Å². The van der Waals surface area contributed by atoms with Crippen molar-refractivity contribution in [1.82, 2.24) is 15.6 Å². The average molecular weight is 369 g/mol. The van der Waals surface area contributed by atoms with E-state index in [1.54, 1.807) is 24.4 Å². The van der Waals surface area contributed by atoms with Crippen molar-refractivity contribution in [1.29, 1.82) is 0 Å². The van der Waals surface area contributed by atoms with Crippen LogP contribution >= 0.6 is 0 Å². The van der Waals surface area contributed by atoms with Crippen LogP contribution in [0.2, 0.25) is 0 Å². The van der Waals surface area contributed by atoms with Crippen LogP contribution in [0.3, 0.4) is 0 Å². The van der Waals surface area contributed by atoms with Gasteiger partial charge < -0.3 is 10.1 Å². The Bertz CT molecular complexity index is 857. The highest BCUT2D eigenvalue weighted by atomic mass is 19.1. The zero-order valence-electron chi connectivity index (χ0n) is 15.4. The number of nitrogens with zero attached hydrogens (tertiary/aromatic N) is 1. The first-order valence-electron chi connectivity index (χ1n) is 9.56. The molecule has 2 aromatic rings. The van der Waals surface area contributed by atoms with E-state index in [2.05, 4.69) is 15.6 Å². The lowest BCUT2D eigenvalue weighted by molar-refractivity contribution is -0.129. The van der Waals surface area contributed by atoms with Crippen LogP contribution in [0, 0.1) is 5.82 Å². The molecule has 5 nitrogen and oxygen atoms in total. The molecular formula is C21H24FN3O2. The van der Waals surface area contributed by atoms with Gasteiger partial charge in [0.05, 0.1) is 23.9 Å². The third kappa shape index (κ3) is 3.41. The van der Waals surface area contributed by atoms with Gasteiger partial charge in [-0.1, -0.05) is 0 Å². The lowest BCUT2D eigenvalue weighted by atomic mass is 9.88. The van der Waals surface area contributed by atoms with E-state index in [9.17, 15) is 9.18 Å². The molecule has 1 aromatic heterocycles. The van der Waals surface area contributed by atoms with Crippen LogP contribution in [0.5, 0.6) is 5.75 Å². The molecule has 1 amide bonds. The van der Waals surface area contributed by atoms with Gasteiger partial charge in [-0.3, -0.25) is 15.1 Å². The molecule has 2 N–H and O–H groups in total. The van der Waals surface area contributed by atoms with Crippen molar-refractivity contribution in [2.45, 2.75) is 44.2 Å². The van der Waals surface area contributed by atoms with Crippen molar-refractivity contribution in [2.24, 2.45) is 0 Å². The summed E-state index contributed by atoms with van der Waals surface area (Å²) >= 11 is 0. The number of aromatic nitrogens is 1. The molecule has 2 aliphatic rings. The molecular weight excluding hydrogens is 345 g/mol. The SMILES string of the molecule is CCOc1ccc(F)c(-c2ccnc([C@@H]3CC[C@@]4(CCCNC4=O)N3)c2)c1. The fraction of sp³-hybridized carbons (Fsp3) is 0.429. The van der Waals surface area contributed by atoms with Gasteiger partial charge in [0.25, 0.3) is 0 Å². The number of halogens is 1. The third-order valence-corrected chi connectivity index (χ3v) is 5.51. The first-order valence-corrected chi connectivity index (χ1v) is 9.56. The minimum Gasteiger partial charge on any atom is -0.494 e. The van der Waals surface area contributed by atoms with Gasteiger partial charge in [-0.15, -0.1) is 0 Å². The van der Waals surface area contributed by atoms with Gasteiger partial charge in [-0.2, -0.15) is 0 Å². The standard InChI is InChI=1S/C21H24FN3O2/c1-2-27-15-4-5-17(22)16(13-15)14-7-11-23-19(12-14)18-6-9-21(25-18)8-3-10-24-20(21)26/h4-5,7,11-13,18,25H,2-3,6,8-10H2,1H3,(H,24,26)/t18-,21+/m0/s1. The minimum atomic E-state index is -0.485. The molecule has 0 unspecified atom stereocenters. The molecule has 1 spiro atoms. The van der Waals surface area contributed by atoms with Crippen LogP contribution in [-0.4, -0.2) is 29.6 Å². The summed E-state index contributed by atoms with van der Waals surface area (Å²) in [7, 11) is 0. The molecule has 2 atom stereocenters. The Hall–Kier alpha value is -2.47. The Balaban J connectivity index is 1.60. The Kier molecular flexibility index (Phi) is 4.83.